The molecule has 0 aliphatic rings. The van der Waals surface area contributed by atoms with Crippen LogP contribution in [0.1, 0.15) is 30.8 Å². The second-order valence-electron chi connectivity index (χ2n) is 4.52. The van der Waals surface area contributed by atoms with Crippen LogP contribution in [0.3, 0.4) is 0 Å². The lowest BCUT2D eigenvalue weighted by Crippen LogP contribution is -2.23. The summed E-state index contributed by atoms with van der Waals surface area (Å²) in [4.78, 5) is 0. The van der Waals surface area contributed by atoms with Gasteiger partial charge in [0.2, 0.25) is 0 Å². The molecule has 1 aromatic carbocycles. The third kappa shape index (κ3) is 2.44. The average molecular weight is 291 g/mol. The minimum Gasteiger partial charge on any atom is -0.456 e. The van der Waals surface area contributed by atoms with Crippen molar-refractivity contribution in [2.75, 3.05) is 6.54 Å². The first kappa shape index (κ1) is 13.2. The van der Waals surface area contributed by atoms with E-state index in [-0.39, 0.29) is 17.4 Å². The van der Waals surface area contributed by atoms with Gasteiger partial charge in [0.1, 0.15) is 17.5 Å². The van der Waals surface area contributed by atoms with Crippen LogP contribution >= 0.6 is 11.5 Å². The fourth-order valence-corrected chi connectivity index (χ4v) is 2.61. The number of nitrogens with one attached hydrogen (secondary N) is 1. The first-order valence-electron chi connectivity index (χ1n) is 6.48. The van der Waals surface area contributed by atoms with Crippen LogP contribution in [-0.4, -0.2) is 16.1 Å². The van der Waals surface area contributed by atoms with E-state index in [0.29, 0.717) is 5.76 Å². The summed E-state index contributed by atoms with van der Waals surface area (Å²) >= 11 is 1.29. The molecule has 3 aromatic rings. The Morgan fingerprint density at radius 3 is 3.05 bits per heavy atom. The van der Waals surface area contributed by atoms with Crippen molar-refractivity contribution in [3.63, 3.8) is 0 Å². The zero-order chi connectivity index (χ0) is 13.9. The Labute approximate surface area is 119 Å². The lowest BCUT2D eigenvalue weighted by Gasteiger charge is -2.12. The van der Waals surface area contributed by atoms with Crippen LogP contribution in [0.15, 0.2) is 34.1 Å². The molecule has 20 heavy (non-hydrogen) atoms. The van der Waals surface area contributed by atoms with Crippen molar-refractivity contribution in [2.45, 2.75) is 19.4 Å². The number of halogens is 1. The molecule has 104 valence electrons. The third-order valence-electron chi connectivity index (χ3n) is 3.07. The van der Waals surface area contributed by atoms with Gasteiger partial charge < -0.3 is 9.73 Å². The number of hydrogen-bond donors (Lipinski definition) is 1. The van der Waals surface area contributed by atoms with Crippen LogP contribution in [0.5, 0.6) is 0 Å². The van der Waals surface area contributed by atoms with Gasteiger partial charge in [-0.05, 0) is 36.6 Å². The first-order chi connectivity index (χ1) is 9.79. The van der Waals surface area contributed by atoms with E-state index in [0.717, 1.165) is 24.0 Å². The van der Waals surface area contributed by atoms with Crippen molar-refractivity contribution in [3.8, 4) is 0 Å². The van der Waals surface area contributed by atoms with E-state index in [1.165, 1.54) is 17.6 Å². The molecule has 0 saturated heterocycles. The van der Waals surface area contributed by atoms with E-state index in [1.807, 2.05) is 17.5 Å². The van der Waals surface area contributed by atoms with E-state index in [4.69, 9.17) is 4.42 Å². The molecule has 2 heterocycles. The number of benzene rings is 1. The number of fused-ring (bicyclic) bond motifs is 1. The van der Waals surface area contributed by atoms with Crippen LogP contribution in [0.25, 0.3) is 11.0 Å². The molecule has 0 aliphatic carbocycles. The molecule has 6 heteroatoms. The Bertz CT molecular complexity index is 696. The maximum atomic E-state index is 13.7. The number of furan rings is 1. The SMILES string of the molecule is CCCNC(c1csnn1)c1cc2cccc(F)c2o1. The van der Waals surface area contributed by atoms with Crippen molar-refractivity contribution in [2.24, 2.45) is 0 Å². The summed E-state index contributed by atoms with van der Waals surface area (Å²) in [5.41, 5.74) is 1.08. The van der Waals surface area contributed by atoms with Crippen molar-refractivity contribution in [1.82, 2.24) is 14.9 Å². The standard InChI is InChI=1S/C14H14FN3OS/c1-2-6-16-13(11-8-20-18-17-11)12-7-9-4-3-5-10(15)14(9)19-12/h3-5,7-8,13,16H,2,6H2,1H3. The highest BCUT2D eigenvalue weighted by Crippen LogP contribution is 2.29. The topological polar surface area (TPSA) is 51.0 Å². The summed E-state index contributed by atoms with van der Waals surface area (Å²) in [7, 11) is 0. The van der Waals surface area contributed by atoms with E-state index in [9.17, 15) is 4.39 Å². The van der Waals surface area contributed by atoms with Gasteiger partial charge in [-0.1, -0.05) is 23.5 Å². The number of hydrogen-bond acceptors (Lipinski definition) is 5. The van der Waals surface area contributed by atoms with Gasteiger partial charge >= 0.3 is 0 Å². The lowest BCUT2D eigenvalue weighted by molar-refractivity contribution is 0.453. The third-order valence-corrected chi connectivity index (χ3v) is 3.59. The van der Waals surface area contributed by atoms with Gasteiger partial charge in [-0.25, -0.2) is 4.39 Å². The molecule has 2 aromatic heterocycles. The highest BCUT2D eigenvalue weighted by molar-refractivity contribution is 7.03. The Hall–Kier alpha value is -1.79. The van der Waals surface area contributed by atoms with Crippen molar-refractivity contribution in [1.29, 1.82) is 0 Å². The fraction of sp³-hybridized carbons (Fsp3) is 0.286. The van der Waals surface area contributed by atoms with Gasteiger partial charge in [0.05, 0.1) is 0 Å². The molecule has 0 amide bonds. The monoisotopic (exact) mass is 291 g/mol. The quantitative estimate of drug-likeness (QED) is 0.781. The molecular formula is C14H14FN3OS. The minimum atomic E-state index is -0.348. The predicted molar refractivity (Wildman–Crippen MR) is 76.2 cm³/mol. The number of nitrogens with zero attached hydrogens (tertiary/aromatic N) is 2. The zero-order valence-corrected chi connectivity index (χ0v) is 11.8. The summed E-state index contributed by atoms with van der Waals surface area (Å²) in [6, 6.07) is 6.57. The molecule has 1 N–H and O–H groups in total. The average Bonchev–Trinajstić information content (AvgIpc) is 3.09. The van der Waals surface area contributed by atoms with Gasteiger partial charge in [-0.15, -0.1) is 5.10 Å². The van der Waals surface area contributed by atoms with Gasteiger partial charge in [-0.3, -0.25) is 0 Å². The molecule has 0 saturated carbocycles. The number of aromatic nitrogens is 2. The van der Waals surface area contributed by atoms with Crippen LogP contribution in [0.2, 0.25) is 0 Å². The maximum Gasteiger partial charge on any atom is 0.169 e. The van der Waals surface area contributed by atoms with E-state index < -0.39 is 0 Å². The molecule has 0 spiro atoms. The van der Waals surface area contributed by atoms with Crippen molar-refractivity contribution < 1.29 is 8.81 Å². The van der Waals surface area contributed by atoms with Crippen LogP contribution in [0.4, 0.5) is 4.39 Å². The molecule has 3 rings (SSSR count). The van der Waals surface area contributed by atoms with E-state index in [1.54, 1.807) is 6.07 Å². The van der Waals surface area contributed by atoms with Crippen molar-refractivity contribution >= 4 is 22.5 Å². The van der Waals surface area contributed by atoms with Crippen molar-refractivity contribution in [3.05, 3.63) is 46.9 Å². The molecule has 1 atom stereocenters. The van der Waals surface area contributed by atoms with Crippen LogP contribution < -0.4 is 5.32 Å². The minimum absolute atomic E-state index is 0.194. The fourth-order valence-electron chi connectivity index (χ4n) is 2.13. The van der Waals surface area contributed by atoms with E-state index >= 15 is 0 Å². The number of para-hydroxylation sites is 1. The second kappa shape index (κ2) is 5.68. The normalized spacial score (nSPS) is 12.9. The predicted octanol–water partition coefficient (Wildman–Crippen LogP) is 3.51. The first-order valence-corrected chi connectivity index (χ1v) is 7.31. The van der Waals surface area contributed by atoms with Gasteiger partial charge in [0.25, 0.3) is 0 Å². The Kier molecular flexibility index (Phi) is 3.75. The summed E-state index contributed by atoms with van der Waals surface area (Å²) in [5, 5.41) is 10.1. The second-order valence-corrected chi connectivity index (χ2v) is 5.13. The molecule has 0 fully saturated rings. The summed E-state index contributed by atoms with van der Waals surface area (Å²) in [5.74, 6) is 0.311. The summed E-state index contributed by atoms with van der Waals surface area (Å²) in [6.07, 6.45) is 0.989. The smallest absolute Gasteiger partial charge is 0.169 e. The summed E-state index contributed by atoms with van der Waals surface area (Å²) < 4.78 is 23.3. The van der Waals surface area contributed by atoms with Gasteiger partial charge in [0, 0.05) is 10.8 Å². The molecular weight excluding hydrogens is 277 g/mol. The van der Waals surface area contributed by atoms with Gasteiger partial charge in [0.15, 0.2) is 11.4 Å². The highest BCUT2D eigenvalue weighted by Gasteiger charge is 2.21. The molecule has 0 aliphatic heterocycles. The molecule has 0 radical (unpaired) electrons. The highest BCUT2D eigenvalue weighted by atomic mass is 32.1. The van der Waals surface area contributed by atoms with Crippen LogP contribution in [0, 0.1) is 5.82 Å². The molecule has 4 nitrogen and oxygen atoms in total. The Morgan fingerprint density at radius 2 is 2.35 bits per heavy atom. The lowest BCUT2D eigenvalue weighted by atomic mass is 10.1. The largest absolute Gasteiger partial charge is 0.456 e. The zero-order valence-electron chi connectivity index (χ0n) is 11.0. The molecule has 1 unspecified atom stereocenters. The number of rotatable bonds is 5. The molecule has 0 bridgehead atoms. The summed E-state index contributed by atoms with van der Waals surface area (Å²) in [6.45, 7) is 2.91. The van der Waals surface area contributed by atoms with Crippen LogP contribution in [-0.2, 0) is 0 Å². The Balaban J connectivity index is 2.02. The maximum absolute atomic E-state index is 13.7. The Morgan fingerprint density at radius 1 is 1.45 bits per heavy atom. The van der Waals surface area contributed by atoms with E-state index in [2.05, 4.69) is 21.8 Å². The van der Waals surface area contributed by atoms with Gasteiger partial charge in [-0.2, -0.15) is 0 Å².